The van der Waals surface area contributed by atoms with Gasteiger partial charge in [-0.15, -0.1) is 0 Å². The molecule has 2 aromatic heterocycles. The number of nitrogens with one attached hydrogen (secondary N) is 1. The van der Waals surface area contributed by atoms with E-state index in [-0.39, 0.29) is 24.6 Å². The van der Waals surface area contributed by atoms with Gasteiger partial charge in [-0.3, -0.25) is 19.6 Å². The van der Waals surface area contributed by atoms with E-state index in [0.29, 0.717) is 17.9 Å². The molecule has 9 heteroatoms. The number of aromatic nitrogens is 4. The molecule has 9 nitrogen and oxygen atoms in total. The van der Waals surface area contributed by atoms with Crippen molar-refractivity contribution in [3.05, 3.63) is 93.9 Å². The Morgan fingerprint density at radius 3 is 2.33 bits per heavy atom. The van der Waals surface area contributed by atoms with Crippen LogP contribution in [0.3, 0.4) is 0 Å². The molecule has 168 valence electrons. The van der Waals surface area contributed by atoms with Crippen LogP contribution in [0.5, 0.6) is 0 Å². The SMILES string of the molecule is Cc1nn(CCC(=O)NCc2cn(-c3ccccc3)nc2-c2ccccc2)c(C)c1[N+](=O)[O-]. The highest BCUT2D eigenvalue weighted by Gasteiger charge is 2.22. The lowest BCUT2D eigenvalue weighted by Crippen LogP contribution is -2.24. The van der Waals surface area contributed by atoms with Gasteiger partial charge in [-0.2, -0.15) is 10.2 Å². The van der Waals surface area contributed by atoms with Gasteiger partial charge in [0.2, 0.25) is 5.91 Å². The van der Waals surface area contributed by atoms with Crippen LogP contribution in [0.25, 0.3) is 16.9 Å². The van der Waals surface area contributed by atoms with E-state index in [9.17, 15) is 14.9 Å². The van der Waals surface area contributed by atoms with Crippen molar-refractivity contribution in [2.24, 2.45) is 0 Å². The molecule has 0 aliphatic heterocycles. The van der Waals surface area contributed by atoms with E-state index in [4.69, 9.17) is 5.10 Å². The Bertz CT molecular complexity index is 1280. The van der Waals surface area contributed by atoms with Gasteiger partial charge >= 0.3 is 5.69 Å². The molecule has 2 aromatic carbocycles. The molecule has 0 spiro atoms. The predicted octanol–water partition coefficient (Wildman–Crippen LogP) is 3.97. The maximum Gasteiger partial charge on any atom is 0.312 e. The largest absolute Gasteiger partial charge is 0.352 e. The zero-order chi connectivity index (χ0) is 23.4. The summed E-state index contributed by atoms with van der Waals surface area (Å²) in [4.78, 5) is 23.3. The molecule has 33 heavy (non-hydrogen) atoms. The minimum absolute atomic E-state index is 0.00348. The molecule has 2 heterocycles. The van der Waals surface area contributed by atoms with E-state index < -0.39 is 4.92 Å². The highest BCUT2D eigenvalue weighted by molar-refractivity contribution is 5.76. The van der Waals surface area contributed by atoms with Gasteiger partial charge < -0.3 is 5.32 Å². The Balaban J connectivity index is 1.47. The van der Waals surface area contributed by atoms with E-state index in [2.05, 4.69) is 10.4 Å². The lowest BCUT2D eigenvalue weighted by molar-refractivity contribution is -0.386. The topological polar surface area (TPSA) is 108 Å². The summed E-state index contributed by atoms with van der Waals surface area (Å²) in [6.07, 6.45) is 2.08. The van der Waals surface area contributed by atoms with Crippen molar-refractivity contribution in [3.63, 3.8) is 0 Å². The third-order valence-corrected chi connectivity index (χ3v) is 5.41. The van der Waals surface area contributed by atoms with Crippen molar-refractivity contribution in [1.29, 1.82) is 0 Å². The van der Waals surface area contributed by atoms with Crippen LogP contribution < -0.4 is 5.32 Å². The third kappa shape index (κ3) is 4.82. The van der Waals surface area contributed by atoms with Gasteiger partial charge in [0.05, 0.1) is 22.8 Å². The summed E-state index contributed by atoms with van der Waals surface area (Å²) in [7, 11) is 0. The van der Waals surface area contributed by atoms with Crippen LogP contribution in [-0.4, -0.2) is 30.4 Å². The number of hydrogen-bond acceptors (Lipinski definition) is 5. The molecule has 0 fully saturated rings. The Kier molecular flexibility index (Phi) is 6.30. The monoisotopic (exact) mass is 444 g/mol. The van der Waals surface area contributed by atoms with Crippen molar-refractivity contribution in [1.82, 2.24) is 24.9 Å². The summed E-state index contributed by atoms with van der Waals surface area (Å²) < 4.78 is 3.31. The minimum atomic E-state index is -0.441. The highest BCUT2D eigenvalue weighted by Crippen LogP contribution is 2.24. The van der Waals surface area contributed by atoms with Crippen LogP contribution >= 0.6 is 0 Å². The first-order valence-corrected chi connectivity index (χ1v) is 10.6. The molecule has 0 atom stereocenters. The molecular weight excluding hydrogens is 420 g/mol. The number of amides is 1. The van der Waals surface area contributed by atoms with Crippen molar-refractivity contribution >= 4 is 11.6 Å². The fourth-order valence-electron chi connectivity index (χ4n) is 3.75. The first-order valence-electron chi connectivity index (χ1n) is 10.6. The molecule has 4 rings (SSSR count). The van der Waals surface area contributed by atoms with Gasteiger partial charge in [0.15, 0.2) is 0 Å². The van der Waals surface area contributed by atoms with Gasteiger partial charge in [-0.1, -0.05) is 48.5 Å². The molecule has 0 radical (unpaired) electrons. The predicted molar refractivity (Wildman–Crippen MR) is 124 cm³/mol. The van der Waals surface area contributed by atoms with Crippen LogP contribution in [-0.2, 0) is 17.9 Å². The Morgan fingerprint density at radius 2 is 1.70 bits per heavy atom. The Labute approximate surface area is 190 Å². The Morgan fingerprint density at radius 1 is 1.03 bits per heavy atom. The van der Waals surface area contributed by atoms with E-state index in [1.54, 1.807) is 18.5 Å². The fourth-order valence-corrected chi connectivity index (χ4v) is 3.75. The standard InChI is InChI=1S/C24H24N6O3/c1-17-24(30(32)33)18(2)28(26-17)14-13-22(31)25-15-20-16-29(21-11-7-4-8-12-21)27-23(20)19-9-5-3-6-10-19/h3-12,16H,13-15H2,1-2H3,(H,25,31). The number of carbonyl (C=O) groups excluding carboxylic acids is 1. The van der Waals surface area contributed by atoms with Crippen LogP contribution in [0.1, 0.15) is 23.4 Å². The molecular formula is C24H24N6O3. The maximum atomic E-state index is 12.5. The number of nitrogens with zero attached hydrogens (tertiary/aromatic N) is 5. The molecule has 0 aliphatic carbocycles. The average molecular weight is 444 g/mol. The molecule has 0 saturated carbocycles. The smallest absolute Gasteiger partial charge is 0.312 e. The number of nitro groups is 1. The normalized spacial score (nSPS) is 10.8. The summed E-state index contributed by atoms with van der Waals surface area (Å²) in [6, 6.07) is 19.6. The van der Waals surface area contributed by atoms with Crippen LogP contribution in [0.4, 0.5) is 5.69 Å². The van der Waals surface area contributed by atoms with Crippen LogP contribution in [0.15, 0.2) is 66.9 Å². The second-order valence-electron chi connectivity index (χ2n) is 7.68. The zero-order valence-corrected chi connectivity index (χ0v) is 18.4. The van der Waals surface area contributed by atoms with Gasteiger partial charge in [-0.25, -0.2) is 4.68 Å². The molecule has 4 aromatic rings. The molecule has 1 N–H and O–H groups in total. The van der Waals surface area contributed by atoms with E-state index in [1.165, 1.54) is 4.68 Å². The van der Waals surface area contributed by atoms with Crippen molar-refractivity contribution in [2.75, 3.05) is 0 Å². The lowest BCUT2D eigenvalue weighted by Gasteiger charge is -2.07. The molecule has 0 unspecified atom stereocenters. The highest BCUT2D eigenvalue weighted by atomic mass is 16.6. The minimum Gasteiger partial charge on any atom is -0.352 e. The quantitative estimate of drug-likeness (QED) is 0.327. The molecule has 0 bridgehead atoms. The van der Waals surface area contributed by atoms with Crippen LogP contribution in [0, 0.1) is 24.0 Å². The second kappa shape index (κ2) is 9.47. The van der Waals surface area contributed by atoms with Gasteiger partial charge in [0.1, 0.15) is 11.4 Å². The fraction of sp³-hybridized carbons (Fsp3) is 0.208. The number of para-hydroxylation sites is 1. The lowest BCUT2D eigenvalue weighted by atomic mass is 10.1. The number of benzene rings is 2. The summed E-state index contributed by atoms with van der Waals surface area (Å²) >= 11 is 0. The van der Waals surface area contributed by atoms with Gasteiger partial charge in [-0.05, 0) is 26.0 Å². The summed E-state index contributed by atoms with van der Waals surface area (Å²) in [5, 5.41) is 23.1. The summed E-state index contributed by atoms with van der Waals surface area (Å²) in [5.74, 6) is -0.170. The molecule has 1 amide bonds. The van der Waals surface area contributed by atoms with Gasteiger partial charge in [0.25, 0.3) is 0 Å². The van der Waals surface area contributed by atoms with E-state index >= 15 is 0 Å². The summed E-state index contributed by atoms with van der Waals surface area (Å²) in [6.45, 7) is 3.81. The second-order valence-corrected chi connectivity index (χ2v) is 7.68. The summed E-state index contributed by atoms with van der Waals surface area (Å²) in [5.41, 5.74) is 4.37. The number of rotatable bonds is 8. The van der Waals surface area contributed by atoms with E-state index in [1.807, 2.05) is 66.9 Å². The Hall–Kier alpha value is -4.27. The van der Waals surface area contributed by atoms with Crippen molar-refractivity contribution in [3.8, 4) is 16.9 Å². The number of carbonyl (C=O) groups is 1. The zero-order valence-electron chi connectivity index (χ0n) is 18.4. The third-order valence-electron chi connectivity index (χ3n) is 5.41. The number of hydrogen-bond donors (Lipinski definition) is 1. The van der Waals surface area contributed by atoms with Crippen molar-refractivity contribution in [2.45, 2.75) is 33.4 Å². The van der Waals surface area contributed by atoms with E-state index in [0.717, 1.165) is 22.5 Å². The average Bonchev–Trinajstić information content (AvgIpc) is 3.37. The first-order chi connectivity index (χ1) is 15.9. The maximum absolute atomic E-state index is 12.5. The van der Waals surface area contributed by atoms with Gasteiger partial charge in [0, 0.05) is 30.3 Å². The molecule has 0 saturated heterocycles. The van der Waals surface area contributed by atoms with Crippen molar-refractivity contribution < 1.29 is 9.72 Å². The first kappa shape index (κ1) is 21.9. The van der Waals surface area contributed by atoms with Crippen LogP contribution in [0.2, 0.25) is 0 Å². The number of aryl methyl sites for hydroxylation is 2. The molecule has 0 aliphatic rings.